The summed E-state index contributed by atoms with van der Waals surface area (Å²) in [5.74, 6) is 1.51. The Bertz CT molecular complexity index is 455. The first-order valence-corrected chi connectivity index (χ1v) is 12.7. The Morgan fingerprint density at radius 2 is 1.44 bits per heavy atom. The summed E-state index contributed by atoms with van der Waals surface area (Å²) in [6, 6.07) is 10.5. The van der Waals surface area contributed by atoms with Crippen LogP contribution < -0.4 is 4.43 Å². The van der Waals surface area contributed by atoms with Gasteiger partial charge >= 0.3 is 8.56 Å². The molecule has 0 unspecified atom stereocenters. The van der Waals surface area contributed by atoms with Gasteiger partial charge < -0.3 is 8.85 Å². The van der Waals surface area contributed by atoms with E-state index in [4.69, 9.17) is 8.85 Å². The van der Waals surface area contributed by atoms with Crippen LogP contribution in [0.5, 0.6) is 5.75 Å². The number of benzene rings is 1. The number of hydrogen-bond donors (Lipinski definition) is 0. The van der Waals surface area contributed by atoms with Crippen molar-refractivity contribution >= 4 is 8.56 Å². The van der Waals surface area contributed by atoms with Crippen molar-refractivity contribution in [1.82, 2.24) is 0 Å². The zero-order valence-electron chi connectivity index (χ0n) is 17.3. The molecule has 0 saturated heterocycles. The van der Waals surface area contributed by atoms with Gasteiger partial charge in [-0.05, 0) is 36.1 Å². The quantitative estimate of drug-likeness (QED) is 0.252. The maximum Gasteiger partial charge on any atom is 0.398 e. The lowest BCUT2D eigenvalue weighted by molar-refractivity contribution is 0.229. The standard InChI is InChI=1S/C22H40O2Si/c1-6-9-10-11-12-13-16-19-23-25(7-2,8-3)24-22-18-15-14-17-21(22)20(4)5/h14-15,17-18,20H,6-13,16,19H2,1-5H3. The van der Waals surface area contributed by atoms with Crippen molar-refractivity contribution in [1.29, 1.82) is 0 Å². The Morgan fingerprint density at radius 3 is 2.04 bits per heavy atom. The molecule has 0 aliphatic carbocycles. The van der Waals surface area contributed by atoms with Gasteiger partial charge in [0.25, 0.3) is 0 Å². The number of para-hydroxylation sites is 1. The van der Waals surface area contributed by atoms with Crippen molar-refractivity contribution in [3.8, 4) is 5.75 Å². The first kappa shape index (κ1) is 22.2. The molecular weight excluding hydrogens is 324 g/mol. The highest BCUT2D eigenvalue weighted by molar-refractivity contribution is 6.68. The molecule has 0 fully saturated rings. The molecule has 1 aromatic rings. The van der Waals surface area contributed by atoms with E-state index in [2.05, 4.69) is 58.9 Å². The summed E-state index contributed by atoms with van der Waals surface area (Å²) in [5, 5.41) is 0. The van der Waals surface area contributed by atoms with Crippen molar-refractivity contribution in [2.24, 2.45) is 0 Å². The second-order valence-corrected chi connectivity index (χ2v) is 11.1. The highest BCUT2D eigenvalue weighted by atomic mass is 28.4. The first-order chi connectivity index (χ1) is 12.1. The summed E-state index contributed by atoms with van der Waals surface area (Å²) in [4.78, 5) is 0. The molecule has 0 aliphatic heterocycles. The monoisotopic (exact) mass is 364 g/mol. The number of hydrogen-bond acceptors (Lipinski definition) is 2. The Labute approximate surface area is 157 Å². The summed E-state index contributed by atoms with van der Waals surface area (Å²) >= 11 is 0. The molecule has 0 heterocycles. The van der Waals surface area contributed by atoms with Crippen LogP contribution in [0.1, 0.15) is 91.0 Å². The maximum absolute atomic E-state index is 6.57. The van der Waals surface area contributed by atoms with E-state index >= 15 is 0 Å². The maximum atomic E-state index is 6.57. The van der Waals surface area contributed by atoms with Crippen LogP contribution in [0.25, 0.3) is 0 Å². The van der Waals surface area contributed by atoms with Crippen molar-refractivity contribution in [2.75, 3.05) is 6.61 Å². The molecule has 0 aliphatic rings. The third-order valence-corrected chi connectivity index (χ3v) is 8.50. The van der Waals surface area contributed by atoms with E-state index in [1.165, 1.54) is 44.1 Å². The van der Waals surface area contributed by atoms with Gasteiger partial charge in [0, 0.05) is 6.61 Å². The first-order valence-electron chi connectivity index (χ1n) is 10.5. The summed E-state index contributed by atoms with van der Waals surface area (Å²) < 4.78 is 13.0. The molecular formula is C22H40O2Si. The molecule has 0 radical (unpaired) electrons. The lowest BCUT2D eigenvalue weighted by atomic mass is 10.0. The molecule has 0 saturated carbocycles. The fourth-order valence-corrected chi connectivity index (χ4v) is 5.55. The lowest BCUT2D eigenvalue weighted by Gasteiger charge is -2.31. The molecule has 0 amide bonds. The van der Waals surface area contributed by atoms with Gasteiger partial charge in [-0.3, -0.25) is 0 Å². The van der Waals surface area contributed by atoms with Crippen LogP contribution in [-0.4, -0.2) is 15.2 Å². The van der Waals surface area contributed by atoms with E-state index in [1.807, 2.05) is 0 Å². The average Bonchev–Trinajstić information content (AvgIpc) is 2.63. The van der Waals surface area contributed by atoms with Crippen LogP contribution in [0.15, 0.2) is 24.3 Å². The van der Waals surface area contributed by atoms with Crippen LogP contribution in [0.3, 0.4) is 0 Å². The SMILES string of the molecule is CCCCCCCCCO[Si](CC)(CC)Oc1ccccc1C(C)C. The predicted octanol–water partition coefficient (Wildman–Crippen LogP) is 7.44. The van der Waals surface area contributed by atoms with Gasteiger partial charge in [0.05, 0.1) is 0 Å². The molecule has 2 nitrogen and oxygen atoms in total. The largest absolute Gasteiger partial charge is 0.520 e. The molecule has 0 atom stereocenters. The van der Waals surface area contributed by atoms with E-state index in [9.17, 15) is 0 Å². The van der Waals surface area contributed by atoms with Crippen LogP contribution in [0.4, 0.5) is 0 Å². The smallest absolute Gasteiger partial charge is 0.398 e. The van der Waals surface area contributed by atoms with Gasteiger partial charge in [0.15, 0.2) is 0 Å². The van der Waals surface area contributed by atoms with Crippen LogP contribution in [0.2, 0.25) is 12.1 Å². The second-order valence-electron chi connectivity index (χ2n) is 7.38. The normalized spacial score (nSPS) is 11.9. The molecule has 1 rings (SSSR count). The van der Waals surface area contributed by atoms with Crippen LogP contribution >= 0.6 is 0 Å². The summed E-state index contributed by atoms with van der Waals surface area (Å²) in [6.45, 7) is 12.0. The van der Waals surface area contributed by atoms with Gasteiger partial charge in [0.1, 0.15) is 5.75 Å². The number of rotatable bonds is 14. The van der Waals surface area contributed by atoms with Gasteiger partial charge in [-0.25, -0.2) is 0 Å². The van der Waals surface area contributed by atoms with Gasteiger partial charge in [0.2, 0.25) is 0 Å². The second kappa shape index (κ2) is 12.5. The van der Waals surface area contributed by atoms with Crippen LogP contribution in [0, 0.1) is 0 Å². The molecule has 0 aromatic heterocycles. The van der Waals surface area contributed by atoms with E-state index in [-0.39, 0.29) is 0 Å². The van der Waals surface area contributed by atoms with E-state index in [0.29, 0.717) is 5.92 Å². The summed E-state index contributed by atoms with van der Waals surface area (Å²) in [7, 11) is -2.14. The van der Waals surface area contributed by atoms with Gasteiger partial charge in [-0.2, -0.15) is 0 Å². The minimum atomic E-state index is -2.14. The zero-order valence-corrected chi connectivity index (χ0v) is 18.3. The minimum Gasteiger partial charge on any atom is -0.520 e. The Balaban J connectivity index is 2.51. The average molecular weight is 365 g/mol. The van der Waals surface area contributed by atoms with E-state index in [0.717, 1.165) is 30.9 Å². The molecule has 25 heavy (non-hydrogen) atoms. The fourth-order valence-electron chi connectivity index (χ4n) is 3.20. The topological polar surface area (TPSA) is 18.5 Å². The van der Waals surface area contributed by atoms with Crippen molar-refractivity contribution in [2.45, 2.75) is 97.6 Å². The Hall–Kier alpha value is -0.803. The minimum absolute atomic E-state index is 0.472. The molecule has 0 N–H and O–H groups in total. The summed E-state index contributed by atoms with van der Waals surface area (Å²) in [5.41, 5.74) is 1.29. The lowest BCUT2D eigenvalue weighted by Crippen LogP contribution is -2.44. The molecule has 0 spiro atoms. The van der Waals surface area contributed by atoms with Crippen molar-refractivity contribution < 1.29 is 8.85 Å². The molecule has 144 valence electrons. The van der Waals surface area contributed by atoms with Crippen molar-refractivity contribution in [3.63, 3.8) is 0 Å². The Kier molecular flexibility index (Phi) is 11.1. The summed E-state index contributed by atoms with van der Waals surface area (Å²) in [6.07, 6.45) is 9.24. The Morgan fingerprint density at radius 1 is 0.840 bits per heavy atom. The van der Waals surface area contributed by atoms with Gasteiger partial charge in [-0.15, -0.1) is 0 Å². The number of unbranched alkanes of at least 4 members (excludes halogenated alkanes) is 6. The molecule has 1 aromatic carbocycles. The van der Waals surface area contributed by atoms with E-state index in [1.54, 1.807) is 0 Å². The van der Waals surface area contributed by atoms with Crippen LogP contribution in [-0.2, 0) is 4.43 Å². The fraction of sp³-hybridized carbons (Fsp3) is 0.727. The highest BCUT2D eigenvalue weighted by Crippen LogP contribution is 2.31. The van der Waals surface area contributed by atoms with Gasteiger partial charge in [-0.1, -0.05) is 91.3 Å². The predicted molar refractivity (Wildman–Crippen MR) is 112 cm³/mol. The molecule has 0 bridgehead atoms. The molecule has 3 heteroatoms. The van der Waals surface area contributed by atoms with E-state index < -0.39 is 8.56 Å². The zero-order chi connectivity index (χ0) is 18.5. The van der Waals surface area contributed by atoms with Crippen molar-refractivity contribution in [3.05, 3.63) is 29.8 Å². The third-order valence-electron chi connectivity index (χ3n) is 5.03. The highest BCUT2D eigenvalue weighted by Gasteiger charge is 2.36. The third kappa shape index (κ3) is 7.95.